The van der Waals surface area contributed by atoms with E-state index in [9.17, 15) is 9.59 Å². The van der Waals surface area contributed by atoms with Crippen LogP contribution in [0.5, 0.6) is 0 Å². The molecule has 2 rings (SSSR count). The third-order valence-corrected chi connectivity index (χ3v) is 4.72. The van der Waals surface area contributed by atoms with E-state index >= 15 is 0 Å². The standard InChI is InChI=1S/C20H25N3O2S/c1-4-15-8-7-9-16(12-15)21-19(24)13-23(2)14-20(25)22-17-10-5-6-11-18(17)26-3/h5-12H,4,13-14H2,1-3H3,(H,21,24)(H,22,25)/p+1. The van der Waals surface area contributed by atoms with Crippen molar-refractivity contribution in [3.05, 3.63) is 54.1 Å². The fourth-order valence-corrected chi connectivity index (χ4v) is 3.18. The summed E-state index contributed by atoms with van der Waals surface area (Å²) >= 11 is 1.59. The van der Waals surface area contributed by atoms with E-state index in [4.69, 9.17) is 0 Å². The zero-order valence-corrected chi connectivity index (χ0v) is 16.3. The monoisotopic (exact) mass is 372 g/mol. The molecule has 0 aromatic heterocycles. The zero-order chi connectivity index (χ0) is 18.9. The second-order valence-corrected chi connectivity index (χ2v) is 7.01. The molecule has 0 saturated carbocycles. The van der Waals surface area contributed by atoms with Gasteiger partial charge in [0.15, 0.2) is 13.1 Å². The molecule has 1 atom stereocenters. The molecule has 0 radical (unpaired) electrons. The number of benzene rings is 2. The lowest BCUT2D eigenvalue weighted by molar-refractivity contribution is -0.862. The van der Waals surface area contributed by atoms with E-state index in [0.29, 0.717) is 0 Å². The van der Waals surface area contributed by atoms with Crippen LogP contribution in [0.25, 0.3) is 0 Å². The number of aryl methyl sites for hydroxylation is 1. The lowest BCUT2D eigenvalue weighted by Gasteiger charge is -2.15. The molecule has 0 fully saturated rings. The Morgan fingerprint density at radius 3 is 2.38 bits per heavy atom. The van der Waals surface area contributed by atoms with Gasteiger partial charge in [-0.25, -0.2) is 0 Å². The predicted molar refractivity (Wildman–Crippen MR) is 108 cm³/mol. The average molecular weight is 373 g/mol. The van der Waals surface area contributed by atoms with E-state index in [-0.39, 0.29) is 24.9 Å². The van der Waals surface area contributed by atoms with Crippen molar-refractivity contribution >= 4 is 35.0 Å². The van der Waals surface area contributed by atoms with Gasteiger partial charge < -0.3 is 15.5 Å². The number of anilines is 2. The number of nitrogens with one attached hydrogen (secondary N) is 3. The molecule has 0 spiro atoms. The molecule has 0 aliphatic heterocycles. The second kappa shape index (κ2) is 9.99. The van der Waals surface area contributed by atoms with Gasteiger partial charge >= 0.3 is 0 Å². The molecule has 2 aromatic rings. The molecule has 2 aromatic carbocycles. The molecular formula is C20H26N3O2S+. The molecule has 26 heavy (non-hydrogen) atoms. The SMILES string of the molecule is CCc1cccc(NC(=O)C[NH+](C)CC(=O)Nc2ccccc2SC)c1. The van der Waals surface area contributed by atoms with Gasteiger partial charge in [-0.3, -0.25) is 9.59 Å². The van der Waals surface area contributed by atoms with Gasteiger partial charge in [-0.05, 0) is 42.5 Å². The number of para-hydroxylation sites is 1. The summed E-state index contributed by atoms with van der Waals surface area (Å²) in [5.41, 5.74) is 2.77. The number of hydrogen-bond donors (Lipinski definition) is 3. The summed E-state index contributed by atoms with van der Waals surface area (Å²) in [6, 6.07) is 15.5. The molecule has 0 bridgehead atoms. The van der Waals surface area contributed by atoms with Crippen LogP contribution in [-0.4, -0.2) is 38.2 Å². The van der Waals surface area contributed by atoms with Crippen LogP contribution < -0.4 is 15.5 Å². The molecule has 0 aliphatic carbocycles. The van der Waals surface area contributed by atoms with Crippen molar-refractivity contribution < 1.29 is 14.5 Å². The second-order valence-electron chi connectivity index (χ2n) is 6.16. The van der Waals surface area contributed by atoms with Crippen molar-refractivity contribution in [2.45, 2.75) is 18.2 Å². The van der Waals surface area contributed by atoms with E-state index in [2.05, 4.69) is 17.6 Å². The Morgan fingerprint density at radius 1 is 1.00 bits per heavy atom. The molecule has 5 nitrogen and oxygen atoms in total. The maximum absolute atomic E-state index is 12.2. The van der Waals surface area contributed by atoms with E-state index < -0.39 is 0 Å². The molecule has 0 heterocycles. The lowest BCUT2D eigenvalue weighted by Crippen LogP contribution is -3.11. The number of thioether (sulfide) groups is 1. The molecule has 1 unspecified atom stereocenters. The summed E-state index contributed by atoms with van der Waals surface area (Å²) in [5, 5.41) is 5.81. The van der Waals surface area contributed by atoms with Gasteiger partial charge in [0.1, 0.15) is 0 Å². The van der Waals surface area contributed by atoms with Crippen molar-refractivity contribution in [2.75, 3.05) is 37.0 Å². The van der Waals surface area contributed by atoms with Gasteiger partial charge in [0.2, 0.25) is 0 Å². The first-order valence-electron chi connectivity index (χ1n) is 8.64. The van der Waals surface area contributed by atoms with Gasteiger partial charge in [-0.15, -0.1) is 11.8 Å². The van der Waals surface area contributed by atoms with E-state index in [1.54, 1.807) is 11.8 Å². The average Bonchev–Trinajstić information content (AvgIpc) is 2.61. The molecule has 138 valence electrons. The summed E-state index contributed by atoms with van der Waals surface area (Å²) in [7, 11) is 1.84. The summed E-state index contributed by atoms with van der Waals surface area (Å²) < 4.78 is 0. The highest BCUT2D eigenvalue weighted by atomic mass is 32.2. The van der Waals surface area contributed by atoms with Crippen molar-refractivity contribution in [1.29, 1.82) is 0 Å². The lowest BCUT2D eigenvalue weighted by atomic mass is 10.1. The first-order valence-corrected chi connectivity index (χ1v) is 9.87. The number of carbonyl (C=O) groups excluding carboxylic acids is 2. The first kappa shape index (κ1) is 20.0. The quantitative estimate of drug-likeness (QED) is 0.622. The Morgan fingerprint density at radius 2 is 1.69 bits per heavy atom. The maximum Gasteiger partial charge on any atom is 0.279 e. The fourth-order valence-electron chi connectivity index (χ4n) is 2.63. The summed E-state index contributed by atoms with van der Waals surface area (Å²) in [4.78, 5) is 26.3. The van der Waals surface area contributed by atoms with Crippen molar-refractivity contribution in [1.82, 2.24) is 0 Å². The van der Waals surface area contributed by atoms with Crippen molar-refractivity contribution in [2.24, 2.45) is 0 Å². The van der Waals surface area contributed by atoms with Crippen molar-refractivity contribution in [3.8, 4) is 0 Å². The molecule has 3 N–H and O–H groups in total. The number of amides is 2. The maximum atomic E-state index is 12.2. The number of rotatable bonds is 8. The third-order valence-electron chi connectivity index (χ3n) is 3.92. The topological polar surface area (TPSA) is 62.6 Å². The van der Waals surface area contributed by atoms with Gasteiger partial charge in [-0.2, -0.15) is 0 Å². The first-order chi connectivity index (χ1) is 12.5. The molecule has 2 amide bonds. The summed E-state index contributed by atoms with van der Waals surface area (Å²) in [6.45, 7) is 2.53. The van der Waals surface area contributed by atoms with Crippen LogP contribution in [0.1, 0.15) is 12.5 Å². The van der Waals surface area contributed by atoms with Gasteiger partial charge in [0.05, 0.1) is 12.7 Å². The van der Waals surface area contributed by atoms with Gasteiger partial charge in [-0.1, -0.05) is 31.2 Å². The van der Waals surface area contributed by atoms with E-state index in [1.807, 2.05) is 61.8 Å². The van der Waals surface area contributed by atoms with Crippen LogP contribution >= 0.6 is 11.8 Å². The minimum Gasteiger partial charge on any atom is -0.322 e. The smallest absolute Gasteiger partial charge is 0.279 e. The Kier molecular flexibility index (Phi) is 7.69. The molecular weight excluding hydrogens is 346 g/mol. The Bertz CT molecular complexity index is 764. The fraction of sp³-hybridized carbons (Fsp3) is 0.300. The molecule has 0 saturated heterocycles. The van der Waals surface area contributed by atoms with Crippen molar-refractivity contribution in [3.63, 3.8) is 0 Å². The van der Waals surface area contributed by atoms with E-state index in [0.717, 1.165) is 27.6 Å². The highest BCUT2D eigenvalue weighted by molar-refractivity contribution is 7.98. The van der Waals surface area contributed by atoms with Crippen LogP contribution in [0.2, 0.25) is 0 Å². The predicted octanol–water partition coefficient (Wildman–Crippen LogP) is 2.06. The van der Waals surface area contributed by atoms with Crippen LogP contribution in [0.15, 0.2) is 53.4 Å². The van der Waals surface area contributed by atoms with Crippen LogP contribution in [0, 0.1) is 0 Å². The highest BCUT2D eigenvalue weighted by Crippen LogP contribution is 2.24. The molecule has 0 aliphatic rings. The van der Waals surface area contributed by atoms with Gasteiger partial charge in [0, 0.05) is 10.6 Å². The zero-order valence-electron chi connectivity index (χ0n) is 15.5. The Hall–Kier alpha value is -2.31. The van der Waals surface area contributed by atoms with E-state index in [1.165, 1.54) is 5.56 Å². The number of likely N-dealkylation sites (N-methyl/N-ethyl adjacent to an activating group) is 1. The number of hydrogen-bond acceptors (Lipinski definition) is 3. The minimum atomic E-state index is -0.107. The largest absolute Gasteiger partial charge is 0.322 e. The van der Waals surface area contributed by atoms with Crippen LogP contribution in [0.4, 0.5) is 11.4 Å². The number of quaternary nitrogens is 1. The van der Waals surface area contributed by atoms with Crippen LogP contribution in [-0.2, 0) is 16.0 Å². The Labute approximate surface area is 159 Å². The summed E-state index contributed by atoms with van der Waals surface area (Å²) in [5.74, 6) is -0.210. The summed E-state index contributed by atoms with van der Waals surface area (Å²) in [6.07, 6.45) is 2.90. The molecule has 6 heteroatoms. The highest BCUT2D eigenvalue weighted by Gasteiger charge is 2.15. The minimum absolute atomic E-state index is 0.104. The Balaban J connectivity index is 1.84. The van der Waals surface area contributed by atoms with Gasteiger partial charge in [0.25, 0.3) is 11.8 Å². The third kappa shape index (κ3) is 6.20. The number of carbonyl (C=O) groups is 2. The normalized spacial score (nSPS) is 11.7. The van der Waals surface area contributed by atoms with Crippen LogP contribution in [0.3, 0.4) is 0 Å².